The summed E-state index contributed by atoms with van der Waals surface area (Å²) in [5.74, 6) is 0. The van der Waals surface area contributed by atoms with Crippen molar-refractivity contribution < 1.29 is 5.11 Å². The van der Waals surface area contributed by atoms with Crippen LogP contribution >= 0.6 is 0 Å². The summed E-state index contributed by atoms with van der Waals surface area (Å²) in [5.41, 5.74) is 0.437. The number of nitrogens with zero attached hydrogens (tertiary/aromatic N) is 3. The molecule has 5 nitrogen and oxygen atoms in total. The van der Waals surface area contributed by atoms with Gasteiger partial charge in [-0.05, 0) is 25.5 Å². The van der Waals surface area contributed by atoms with Crippen LogP contribution in [0.1, 0.15) is 13.3 Å². The Kier molecular flexibility index (Phi) is 2.96. The maximum absolute atomic E-state index is 11.9. The fourth-order valence-corrected chi connectivity index (χ4v) is 1.48. The molecule has 0 saturated heterocycles. The Morgan fingerprint density at radius 2 is 2.19 bits per heavy atom. The molecule has 0 fully saturated rings. The van der Waals surface area contributed by atoms with E-state index >= 15 is 0 Å². The van der Waals surface area contributed by atoms with Gasteiger partial charge in [0.05, 0.1) is 11.5 Å². The Morgan fingerprint density at radius 3 is 2.94 bits per heavy atom. The lowest BCUT2D eigenvalue weighted by Crippen LogP contribution is -2.25. The van der Waals surface area contributed by atoms with Gasteiger partial charge in [0, 0.05) is 6.54 Å². The molecule has 0 bridgehead atoms. The number of hydrogen-bond acceptors (Lipinski definition) is 4. The van der Waals surface area contributed by atoms with Crippen LogP contribution in [0.2, 0.25) is 0 Å². The van der Waals surface area contributed by atoms with Gasteiger partial charge in [0.2, 0.25) is 0 Å². The summed E-state index contributed by atoms with van der Waals surface area (Å²) in [6.07, 6.45) is 0.0487. The van der Waals surface area contributed by atoms with Crippen LogP contribution in [-0.2, 0) is 6.54 Å². The van der Waals surface area contributed by atoms with Gasteiger partial charge in [0.25, 0.3) is 5.56 Å². The Balaban J connectivity index is 2.41. The maximum atomic E-state index is 11.9. The summed E-state index contributed by atoms with van der Waals surface area (Å²) in [4.78, 5) is 11.9. The number of aliphatic hydroxyl groups excluding tert-OH is 1. The zero-order valence-corrected chi connectivity index (χ0v) is 9.00. The number of rotatable bonds is 3. The summed E-state index contributed by atoms with van der Waals surface area (Å²) in [7, 11) is 0. The monoisotopic (exact) mass is 219 g/mol. The van der Waals surface area contributed by atoms with Gasteiger partial charge in [0.15, 0.2) is 0 Å². The standard InChI is InChI=1S/C11H13N3O2/c1-8(15)6-7-14-11(16)9-4-2-3-5-10(9)12-13-14/h2-5,8,15H,6-7H2,1H3. The highest BCUT2D eigenvalue weighted by molar-refractivity contribution is 5.76. The molecular formula is C11H13N3O2. The van der Waals surface area contributed by atoms with E-state index in [1.54, 1.807) is 25.1 Å². The number of benzene rings is 1. The van der Waals surface area contributed by atoms with E-state index in [1.807, 2.05) is 6.07 Å². The van der Waals surface area contributed by atoms with Crippen LogP contribution in [0, 0.1) is 0 Å². The lowest BCUT2D eigenvalue weighted by Gasteiger charge is -2.05. The SMILES string of the molecule is CC(O)CCn1nnc2ccccc2c1=O. The summed E-state index contributed by atoms with van der Waals surface area (Å²) in [6, 6.07) is 7.09. The molecule has 1 aromatic heterocycles. The summed E-state index contributed by atoms with van der Waals surface area (Å²) in [6.45, 7) is 2.06. The van der Waals surface area contributed by atoms with Crippen molar-refractivity contribution in [1.82, 2.24) is 15.0 Å². The normalized spacial score (nSPS) is 12.9. The fraction of sp³-hybridized carbons (Fsp3) is 0.364. The minimum Gasteiger partial charge on any atom is -0.393 e. The van der Waals surface area contributed by atoms with Crippen LogP contribution in [-0.4, -0.2) is 26.2 Å². The first-order valence-corrected chi connectivity index (χ1v) is 5.19. The van der Waals surface area contributed by atoms with Crippen molar-refractivity contribution in [2.75, 3.05) is 0 Å². The van der Waals surface area contributed by atoms with Crippen LogP contribution < -0.4 is 5.56 Å². The second kappa shape index (κ2) is 4.40. The van der Waals surface area contributed by atoms with E-state index in [4.69, 9.17) is 5.11 Å². The van der Waals surface area contributed by atoms with Crippen LogP contribution in [0.15, 0.2) is 29.1 Å². The topological polar surface area (TPSA) is 68.0 Å². The zero-order chi connectivity index (χ0) is 11.5. The molecule has 0 aliphatic heterocycles. The molecule has 0 saturated carbocycles. The maximum Gasteiger partial charge on any atom is 0.277 e. The first-order valence-electron chi connectivity index (χ1n) is 5.19. The molecule has 0 radical (unpaired) electrons. The molecule has 0 aliphatic carbocycles. The molecule has 0 amide bonds. The van der Waals surface area contributed by atoms with Crippen LogP contribution in [0.3, 0.4) is 0 Å². The van der Waals surface area contributed by atoms with Crippen molar-refractivity contribution in [3.05, 3.63) is 34.6 Å². The van der Waals surface area contributed by atoms with Crippen LogP contribution in [0.5, 0.6) is 0 Å². The highest BCUT2D eigenvalue weighted by atomic mass is 16.3. The first-order chi connectivity index (χ1) is 7.68. The number of fused-ring (bicyclic) bond motifs is 1. The van der Waals surface area contributed by atoms with Gasteiger partial charge in [-0.25, -0.2) is 4.68 Å². The molecular weight excluding hydrogens is 206 g/mol. The molecule has 1 aromatic carbocycles. The highest BCUT2D eigenvalue weighted by Crippen LogP contribution is 2.03. The van der Waals surface area contributed by atoms with E-state index in [9.17, 15) is 4.79 Å². The van der Waals surface area contributed by atoms with Gasteiger partial charge in [-0.3, -0.25) is 4.79 Å². The molecule has 1 atom stereocenters. The molecule has 5 heteroatoms. The molecule has 0 aliphatic rings. The smallest absolute Gasteiger partial charge is 0.277 e. The molecule has 1 heterocycles. The van der Waals surface area contributed by atoms with Gasteiger partial charge in [-0.2, -0.15) is 0 Å². The summed E-state index contributed by atoms with van der Waals surface area (Å²) < 4.78 is 1.29. The average molecular weight is 219 g/mol. The highest BCUT2D eigenvalue weighted by Gasteiger charge is 2.05. The third-order valence-electron chi connectivity index (χ3n) is 2.39. The van der Waals surface area contributed by atoms with E-state index in [1.165, 1.54) is 4.68 Å². The third kappa shape index (κ3) is 2.09. The number of aliphatic hydroxyl groups is 1. The van der Waals surface area contributed by atoms with Gasteiger partial charge in [-0.15, -0.1) is 5.10 Å². The Labute approximate surface area is 92.3 Å². The van der Waals surface area contributed by atoms with Gasteiger partial charge >= 0.3 is 0 Å². The van der Waals surface area contributed by atoms with E-state index in [-0.39, 0.29) is 5.56 Å². The third-order valence-corrected chi connectivity index (χ3v) is 2.39. The fourth-order valence-electron chi connectivity index (χ4n) is 1.48. The van der Waals surface area contributed by atoms with Crippen molar-refractivity contribution in [3.8, 4) is 0 Å². The van der Waals surface area contributed by atoms with Crippen LogP contribution in [0.4, 0.5) is 0 Å². The zero-order valence-electron chi connectivity index (χ0n) is 9.00. The van der Waals surface area contributed by atoms with E-state index in [0.717, 1.165) is 0 Å². The molecule has 1 N–H and O–H groups in total. The van der Waals surface area contributed by atoms with E-state index in [0.29, 0.717) is 23.9 Å². The molecule has 16 heavy (non-hydrogen) atoms. The largest absolute Gasteiger partial charge is 0.393 e. The molecule has 2 rings (SSSR count). The Bertz CT molecular complexity index is 548. The average Bonchev–Trinajstić information content (AvgIpc) is 2.28. The first kappa shape index (κ1) is 10.8. The van der Waals surface area contributed by atoms with Crippen molar-refractivity contribution in [2.45, 2.75) is 26.0 Å². The molecule has 1 unspecified atom stereocenters. The van der Waals surface area contributed by atoms with E-state index in [2.05, 4.69) is 10.3 Å². The van der Waals surface area contributed by atoms with Crippen molar-refractivity contribution in [1.29, 1.82) is 0 Å². The number of hydrogen-bond donors (Lipinski definition) is 1. The minimum atomic E-state index is -0.444. The van der Waals surface area contributed by atoms with Gasteiger partial charge in [-0.1, -0.05) is 17.3 Å². The molecule has 0 spiro atoms. The number of aryl methyl sites for hydroxylation is 1. The van der Waals surface area contributed by atoms with Crippen molar-refractivity contribution in [2.24, 2.45) is 0 Å². The van der Waals surface area contributed by atoms with E-state index < -0.39 is 6.10 Å². The lowest BCUT2D eigenvalue weighted by molar-refractivity contribution is 0.175. The quantitative estimate of drug-likeness (QED) is 0.819. The van der Waals surface area contributed by atoms with Crippen LogP contribution in [0.25, 0.3) is 10.9 Å². The van der Waals surface area contributed by atoms with Crippen molar-refractivity contribution in [3.63, 3.8) is 0 Å². The van der Waals surface area contributed by atoms with Gasteiger partial charge in [0.1, 0.15) is 5.52 Å². The Hall–Kier alpha value is -1.75. The molecule has 84 valence electrons. The predicted molar refractivity (Wildman–Crippen MR) is 60.1 cm³/mol. The number of aromatic nitrogens is 3. The minimum absolute atomic E-state index is 0.161. The summed E-state index contributed by atoms with van der Waals surface area (Å²) >= 11 is 0. The molecule has 2 aromatic rings. The lowest BCUT2D eigenvalue weighted by atomic mass is 10.2. The van der Waals surface area contributed by atoms with Gasteiger partial charge < -0.3 is 5.11 Å². The summed E-state index contributed by atoms with van der Waals surface area (Å²) in [5, 5.41) is 17.5. The Morgan fingerprint density at radius 1 is 1.44 bits per heavy atom. The van der Waals surface area contributed by atoms with Crippen molar-refractivity contribution >= 4 is 10.9 Å². The predicted octanol–water partition coefficient (Wildman–Crippen LogP) is 0.562. The second-order valence-corrected chi connectivity index (χ2v) is 3.77. The second-order valence-electron chi connectivity index (χ2n) is 3.77.